The van der Waals surface area contributed by atoms with E-state index in [1.54, 1.807) is 0 Å². The van der Waals surface area contributed by atoms with Gasteiger partial charge in [-0.2, -0.15) is 5.10 Å². The van der Waals surface area contributed by atoms with E-state index in [4.69, 9.17) is 0 Å². The molecule has 3 rings (SSSR count). The maximum atomic E-state index is 4.42. The second-order valence-electron chi connectivity index (χ2n) is 5.62. The molecule has 102 valence electrons. The molecule has 1 N–H and O–H groups in total. The van der Waals surface area contributed by atoms with Gasteiger partial charge in [-0.25, -0.2) is 0 Å². The van der Waals surface area contributed by atoms with Crippen molar-refractivity contribution in [3.05, 3.63) is 17.5 Å². The maximum absolute atomic E-state index is 4.42. The predicted molar refractivity (Wildman–Crippen MR) is 74.9 cm³/mol. The van der Waals surface area contributed by atoms with Crippen LogP contribution in [0, 0.1) is 18.8 Å². The van der Waals surface area contributed by atoms with Crippen LogP contribution in [-0.2, 0) is 13.6 Å². The van der Waals surface area contributed by atoms with Crippen LogP contribution in [0.25, 0.3) is 0 Å². The van der Waals surface area contributed by atoms with Crippen LogP contribution in [0.3, 0.4) is 0 Å². The third kappa shape index (κ3) is 2.71. The van der Waals surface area contributed by atoms with Crippen molar-refractivity contribution in [3.63, 3.8) is 0 Å². The molecule has 0 bridgehead atoms. The van der Waals surface area contributed by atoms with Crippen molar-refractivity contribution in [2.75, 3.05) is 26.2 Å². The van der Waals surface area contributed by atoms with Gasteiger partial charge in [-0.1, -0.05) is 0 Å². The van der Waals surface area contributed by atoms with Gasteiger partial charge in [0, 0.05) is 31.9 Å². The van der Waals surface area contributed by atoms with E-state index in [-0.39, 0.29) is 12.4 Å². The number of fused-ring (bicyclic) bond motifs is 1. The molecule has 2 saturated heterocycles. The Morgan fingerprint density at radius 2 is 2.17 bits per heavy atom. The number of aromatic nitrogens is 2. The molecule has 1 aromatic rings. The highest BCUT2D eigenvalue weighted by atomic mass is 35.5. The summed E-state index contributed by atoms with van der Waals surface area (Å²) in [6, 6.07) is 0. The summed E-state index contributed by atoms with van der Waals surface area (Å²) in [5, 5.41) is 7.94. The lowest BCUT2D eigenvalue weighted by molar-refractivity contribution is 0.142. The lowest BCUT2D eigenvalue weighted by Gasteiger charge is -2.34. The third-order valence-electron chi connectivity index (χ3n) is 4.30. The van der Waals surface area contributed by atoms with Crippen molar-refractivity contribution in [3.8, 4) is 0 Å². The van der Waals surface area contributed by atoms with Gasteiger partial charge in [0.1, 0.15) is 0 Å². The molecule has 2 atom stereocenters. The zero-order valence-corrected chi connectivity index (χ0v) is 12.0. The third-order valence-corrected chi connectivity index (χ3v) is 4.30. The average molecular weight is 271 g/mol. The van der Waals surface area contributed by atoms with Gasteiger partial charge in [-0.15, -0.1) is 12.4 Å². The molecule has 5 heteroatoms. The molecule has 0 aliphatic carbocycles. The van der Waals surface area contributed by atoms with E-state index in [1.165, 1.54) is 43.9 Å². The number of piperidine rings is 1. The molecule has 4 nitrogen and oxygen atoms in total. The van der Waals surface area contributed by atoms with E-state index in [9.17, 15) is 0 Å². The first kappa shape index (κ1) is 13.8. The van der Waals surface area contributed by atoms with Crippen LogP contribution in [0.2, 0.25) is 0 Å². The Balaban J connectivity index is 0.00000120. The molecule has 18 heavy (non-hydrogen) atoms. The molecule has 2 aliphatic rings. The Labute approximate surface area is 115 Å². The van der Waals surface area contributed by atoms with Gasteiger partial charge < -0.3 is 5.32 Å². The van der Waals surface area contributed by atoms with Crippen molar-refractivity contribution < 1.29 is 0 Å². The van der Waals surface area contributed by atoms with Crippen molar-refractivity contribution in [2.45, 2.75) is 19.9 Å². The summed E-state index contributed by atoms with van der Waals surface area (Å²) in [6.07, 6.45) is 3.52. The molecule has 0 saturated carbocycles. The number of rotatable bonds is 2. The quantitative estimate of drug-likeness (QED) is 0.877. The fourth-order valence-electron chi connectivity index (χ4n) is 3.30. The van der Waals surface area contributed by atoms with Crippen LogP contribution in [0.4, 0.5) is 0 Å². The SMILES string of the molecule is Cc1nn(C)cc1CN1CCC2CNCC2C1.Cl. The van der Waals surface area contributed by atoms with Crippen LogP contribution in [0.15, 0.2) is 6.20 Å². The normalized spacial score (nSPS) is 27.9. The lowest BCUT2D eigenvalue weighted by atomic mass is 9.88. The van der Waals surface area contributed by atoms with Crippen molar-refractivity contribution in [1.29, 1.82) is 0 Å². The molecule has 2 aliphatic heterocycles. The number of likely N-dealkylation sites (tertiary alicyclic amines) is 1. The highest BCUT2D eigenvalue weighted by Crippen LogP contribution is 2.27. The van der Waals surface area contributed by atoms with Gasteiger partial charge in [0.05, 0.1) is 5.69 Å². The number of hydrogen-bond donors (Lipinski definition) is 1. The zero-order valence-electron chi connectivity index (χ0n) is 11.2. The molecule has 0 amide bonds. The Morgan fingerprint density at radius 3 is 2.89 bits per heavy atom. The summed E-state index contributed by atoms with van der Waals surface area (Å²) in [7, 11) is 2.00. The molecule has 0 aromatic carbocycles. The number of nitrogens with one attached hydrogen (secondary N) is 1. The minimum atomic E-state index is 0. The smallest absolute Gasteiger partial charge is 0.0638 e. The number of halogens is 1. The second kappa shape index (κ2) is 5.59. The summed E-state index contributed by atoms with van der Waals surface area (Å²) in [5.41, 5.74) is 2.57. The van der Waals surface area contributed by atoms with Crippen molar-refractivity contribution >= 4 is 12.4 Å². The van der Waals surface area contributed by atoms with Crippen LogP contribution in [-0.4, -0.2) is 40.9 Å². The van der Waals surface area contributed by atoms with Crippen LogP contribution in [0.1, 0.15) is 17.7 Å². The van der Waals surface area contributed by atoms with E-state index in [0.717, 1.165) is 18.4 Å². The van der Waals surface area contributed by atoms with Gasteiger partial charge >= 0.3 is 0 Å². The van der Waals surface area contributed by atoms with Crippen LogP contribution in [0.5, 0.6) is 0 Å². The second-order valence-corrected chi connectivity index (χ2v) is 5.62. The van der Waals surface area contributed by atoms with E-state index in [1.807, 2.05) is 11.7 Å². The Hall–Kier alpha value is -0.580. The van der Waals surface area contributed by atoms with Crippen molar-refractivity contribution in [2.24, 2.45) is 18.9 Å². The number of aryl methyl sites for hydroxylation is 2. The van der Waals surface area contributed by atoms with Crippen LogP contribution >= 0.6 is 12.4 Å². The largest absolute Gasteiger partial charge is 0.316 e. The first-order valence-corrected chi connectivity index (χ1v) is 6.64. The molecule has 1 aromatic heterocycles. The summed E-state index contributed by atoms with van der Waals surface area (Å²) < 4.78 is 1.93. The summed E-state index contributed by atoms with van der Waals surface area (Å²) >= 11 is 0. The Morgan fingerprint density at radius 1 is 1.39 bits per heavy atom. The summed E-state index contributed by atoms with van der Waals surface area (Å²) in [6.45, 7) is 8.14. The number of hydrogen-bond acceptors (Lipinski definition) is 3. The molecular weight excluding hydrogens is 248 g/mol. The highest BCUT2D eigenvalue weighted by Gasteiger charge is 2.32. The monoisotopic (exact) mass is 270 g/mol. The van der Waals surface area contributed by atoms with Crippen LogP contribution < -0.4 is 5.32 Å². The fourth-order valence-corrected chi connectivity index (χ4v) is 3.30. The minimum Gasteiger partial charge on any atom is -0.316 e. The zero-order chi connectivity index (χ0) is 11.8. The van der Waals surface area contributed by atoms with Gasteiger partial charge in [-0.3, -0.25) is 9.58 Å². The van der Waals surface area contributed by atoms with Gasteiger partial charge in [0.2, 0.25) is 0 Å². The van der Waals surface area contributed by atoms with E-state index < -0.39 is 0 Å². The lowest BCUT2D eigenvalue weighted by Crippen LogP contribution is -2.39. The van der Waals surface area contributed by atoms with Gasteiger partial charge in [0.25, 0.3) is 0 Å². The van der Waals surface area contributed by atoms with Gasteiger partial charge in [-0.05, 0) is 44.8 Å². The Bertz CT molecular complexity index is 404. The first-order chi connectivity index (χ1) is 8.22. The van der Waals surface area contributed by atoms with E-state index >= 15 is 0 Å². The van der Waals surface area contributed by atoms with E-state index in [0.29, 0.717) is 0 Å². The predicted octanol–water partition coefficient (Wildman–Crippen LogP) is 1.19. The summed E-state index contributed by atoms with van der Waals surface area (Å²) in [4.78, 5) is 2.60. The number of nitrogens with zero attached hydrogens (tertiary/aromatic N) is 3. The average Bonchev–Trinajstić information content (AvgIpc) is 2.85. The topological polar surface area (TPSA) is 33.1 Å². The molecule has 2 unspecified atom stereocenters. The molecular formula is C13H23ClN4. The fraction of sp³-hybridized carbons (Fsp3) is 0.769. The molecule has 0 radical (unpaired) electrons. The molecule has 0 spiro atoms. The van der Waals surface area contributed by atoms with Gasteiger partial charge in [0.15, 0.2) is 0 Å². The standard InChI is InChI=1S/C13H22N4.ClH/c1-10-13(7-16(2)15-10)9-17-4-3-11-5-14-6-12(11)8-17;/h7,11-12,14H,3-6,8-9H2,1-2H3;1H. The van der Waals surface area contributed by atoms with E-state index in [2.05, 4.69) is 28.4 Å². The minimum absolute atomic E-state index is 0. The first-order valence-electron chi connectivity index (χ1n) is 6.64. The maximum Gasteiger partial charge on any atom is 0.0638 e. The summed E-state index contributed by atoms with van der Waals surface area (Å²) in [5.74, 6) is 1.81. The Kier molecular flexibility index (Phi) is 4.30. The molecule has 3 heterocycles. The van der Waals surface area contributed by atoms with Crippen molar-refractivity contribution in [1.82, 2.24) is 20.0 Å². The highest BCUT2D eigenvalue weighted by molar-refractivity contribution is 5.85. The molecule has 2 fully saturated rings.